The monoisotopic (exact) mass is 398 g/mol. The predicted molar refractivity (Wildman–Crippen MR) is 102 cm³/mol. The Labute approximate surface area is 168 Å². The highest BCUT2D eigenvalue weighted by Gasteiger charge is 2.44. The van der Waals surface area contributed by atoms with Crippen LogP contribution in [-0.2, 0) is 9.53 Å². The second-order valence-corrected chi connectivity index (χ2v) is 7.19. The third-order valence-corrected chi connectivity index (χ3v) is 5.39. The Hall–Kier alpha value is -2.97. The van der Waals surface area contributed by atoms with Gasteiger partial charge in [-0.3, -0.25) is 14.6 Å². The van der Waals surface area contributed by atoms with E-state index in [0.717, 1.165) is 39.3 Å². The van der Waals surface area contributed by atoms with E-state index in [1.807, 2.05) is 0 Å². The first kappa shape index (κ1) is 19.4. The number of Topliss-reactive ketones (excluding diaryl/α,β-unsaturated/α-hetero) is 1. The number of carbonyl (C=O) groups excluding carboxylic acids is 2. The van der Waals surface area contributed by atoms with Crippen LogP contribution in [0.3, 0.4) is 0 Å². The lowest BCUT2D eigenvalue weighted by Crippen LogP contribution is -3.14. The third-order valence-electron chi connectivity index (χ3n) is 5.39. The molecule has 2 aliphatic rings. The Morgan fingerprint density at radius 2 is 2.07 bits per heavy atom. The first-order valence-corrected chi connectivity index (χ1v) is 9.81. The van der Waals surface area contributed by atoms with Crippen molar-refractivity contribution in [1.82, 2.24) is 9.88 Å². The molecule has 0 unspecified atom stereocenters. The number of hydrogen-bond acceptors (Lipinski definition) is 6. The maximum absolute atomic E-state index is 13.0. The topological polar surface area (TPSA) is 97.3 Å². The summed E-state index contributed by atoms with van der Waals surface area (Å²) in [5.74, 6) is -1.49. The molecule has 2 aromatic heterocycles. The molecule has 0 aliphatic carbocycles. The van der Waals surface area contributed by atoms with Crippen LogP contribution in [0.1, 0.15) is 28.7 Å². The number of aromatic nitrogens is 1. The zero-order valence-electron chi connectivity index (χ0n) is 16.0. The van der Waals surface area contributed by atoms with Crippen LogP contribution < -0.4 is 4.90 Å². The second-order valence-electron chi connectivity index (χ2n) is 7.19. The molecule has 2 N–H and O–H groups in total. The van der Waals surface area contributed by atoms with Gasteiger partial charge in [-0.1, -0.05) is 6.07 Å². The molecule has 4 rings (SSSR count). The molecule has 29 heavy (non-hydrogen) atoms. The molecular formula is C21H24N3O5+. The number of aliphatic hydroxyl groups excluding tert-OH is 1. The van der Waals surface area contributed by atoms with Crippen molar-refractivity contribution in [2.24, 2.45) is 0 Å². The van der Waals surface area contributed by atoms with E-state index in [4.69, 9.17) is 9.15 Å². The molecule has 8 nitrogen and oxygen atoms in total. The van der Waals surface area contributed by atoms with Crippen LogP contribution in [0.4, 0.5) is 0 Å². The van der Waals surface area contributed by atoms with Crippen molar-refractivity contribution in [3.05, 3.63) is 65.6 Å². The molecule has 0 bridgehead atoms. The summed E-state index contributed by atoms with van der Waals surface area (Å²) in [6.07, 6.45) is 3.75. The maximum atomic E-state index is 13.0. The van der Waals surface area contributed by atoms with Gasteiger partial charge in [0.05, 0.1) is 37.3 Å². The highest BCUT2D eigenvalue weighted by Crippen LogP contribution is 2.38. The molecule has 2 aromatic rings. The molecule has 0 aromatic carbocycles. The number of pyridine rings is 1. The quantitative estimate of drug-likeness (QED) is 0.662. The van der Waals surface area contributed by atoms with Crippen LogP contribution in [0.25, 0.3) is 0 Å². The number of amides is 1. The molecule has 1 atom stereocenters. The van der Waals surface area contributed by atoms with Crippen LogP contribution in [0.2, 0.25) is 0 Å². The van der Waals surface area contributed by atoms with Crippen molar-refractivity contribution in [3.8, 4) is 0 Å². The summed E-state index contributed by atoms with van der Waals surface area (Å²) in [5.41, 5.74) is 0.556. The highest BCUT2D eigenvalue weighted by molar-refractivity contribution is 6.14. The van der Waals surface area contributed by atoms with Gasteiger partial charge in [-0.05, 0) is 24.3 Å². The zero-order chi connectivity index (χ0) is 20.2. The fourth-order valence-corrected chi connectivity index (χ4v) is 3.91. The van der Waals surface area contributed by atoms with Gasteiger partial charge in [0.15, 0.2) is 11.5 Å². The fraction of sp³-hybridized carbons (Fsp3) is 0.381. The van der Waals surface area contributed by atoms with E-state index in [-0.39, 0.29) is 11.3 Å². The van der Waals surface area contributed by atoms with Crippen LogP contribution in [0.5, 0.6) is 0 Å². The lowest BCUT2D eigenvalue weighted by atomic mass is 9.98. The first-order chi connectivity index (χ1) is 14.2. The van der Waals surface area contributed by atoms with Gasteiger partial charge in [-0.2, -0.15) is 0 Å². The van der Waals surface area contributed by atoms with Gasteiger partial charge in [0.2, 0.25) is 5.78 Å². The summed E-state index contributed by atoms with van der Waals surface area (Å²) in [6, 6.07) is 7.71. The predicted octanol–water partition coefficient (Wildman–Crippen LogP) is 0.558. The average molecular weight is 398 g/mol. The zero-order valence-corrected chi connectivity index (χ0v) is 16.0. The van der Waals surface area contributed by atoms with Crippen LogP contribution in [-0.4, -0.2) is 66.1 Å². The maximum Gasteiger partial charge on any atom is 0.290 e. The molecule has 0 saturated carbocycles. The Kier molecular flexibility index (Phi) is 5.73. The largest absolute Gasteiger partial charge is 0.503 e. The van der Waals surface area contributed by atoms with Crippen molar-refractivity contribution in [1.29, 1.82) is 0 Å². The molecule has 8 heteroatoms. The summed E-state index contributed by atoms with van der Waals surface area (Å²) in [4.78, 5) is 33.1. The number of ketones is 1. The van der Waals surface area contributed by atoms with Crippen molar-refractivity contribution in [2.45, 2.75) is 12.5 Å². The number of morpholine rings is 1. The number of rotatable bonds is 7. The Balaban J connectivity index is 1.57. The Morgan fingerprint density at radius 3 is 2.76 bits per heavy atom. The van der Waals surface area contributed by atoms with Crippen LogP contribution >= 0.6 is 0 Å². The lowest BCUT2D eigenvalue weighted by Gasteiger charge is -2.28. The number of aliphatic hydroxyl groups is 1. The van der Waals surface area contributed by atoms with E-state index in [1.165, 1.54) is 22.1 Å². The van der Waals surface area contributed by atoms with Gasteiger partial charge in [-0.15, -0.1) is 0 Å². The van der Waals surface area contributed by atoms with Gasteiger partial charge in [-0.25, -0.2) is 0 Å². The SMILES string of the molecule is O=C(C1=C(O)C(=O)N(CCC[NH+]2CCOCC2)[C@H]1c1ccccn1)c1ccco1. The van der Waals surface area contributed by atoms with Crippen molar-refractivity contribution in [2.75, 3.05) is 39.4 Å². The summed E-state index contributed by atoms with van der Waals surface area (Å²) in [7, 11) is 0. The number of hydrogen-bond donors (Lipinski definition) is 2. The Bertz CT molecular complexity index is 888. The number of nitrogens with zero attached hydrogens (tertiary/aromatic N) is 2. The standard InChI is InChI=1S/C21H23N3O5/c25-19(16-6-3-12-29-16)17-18(15-5-1-2-7-22-15)24(21(27)20(17)26)9-4-8-23-10-13-28-14-11-23/h1-3,5-7,12,18,26H,4,8-11,13-14H2/p+1/t18-/m0/s1. The molecule has 4 heterocycles. The molecule has 1 fully saturated rings. The minimum Gasteiger partial charge on any atom is -0.503 e. The van der Waals surface area contributed by atoms with E-state index in [1.54, 1.807) is 30.5 Å². The number of carbonyl (C=O) groups is 2. The van der Waals surface area contributed by atoms with Gasteiger partial charge in [0.25, 0.3) is 5.91 Å². The summed E-state index contributed by atoms with van der Waals surface area (Å²) < 4.78 is 10.6. The number of ether oxygens (including phenoxy) is 1. The molecule has 1 amide bonds. The second kappa shape index (κ2) is 8.59. The highest BCUT2D eigenvalue weighted by atomic mass is 16.5. The smallest absolute Gasteiger partial charge is 0.290 e. The van der Waals surface area contributed by atoms with E-state index in [0.29, 0.717) is 12.2 Å². The molecule has 2 aliphatic heterocycles. The molecule has 0 spiro atoms. The molecule has 0 radical (unpaired) electrons. The van der Waals surface area contributed by atoms with Crippen LogP contribution in [0, 0.1) is 0 Å². The van der Waals surface area contributed by atoms with E-state index >= 15 is 0 Å². The third kappa shape index (κ3) is 3.94. The molecule has 1 saturated heterocycles. The fourth-order valence-electron chi connectivity index (χ4n) is 3.91. The normalized spacial score (nSPS) is 20.5. The van der Waals surface area contributed by atoms with E-state index in [2.05, 4.69) is 4.98 Å². The Morgan fingerprint density at radius 1 is 1.24 bits per heavy atom. The van der Waals surface area contributed by atoms with Gasteiger partial charge in [0.1, 0.15) is 19.1 Å². The van der Waals surface area contributed by atoms with Crippen molar-refractivity contribution in [3.63, 3.8) is 0 Å². The number of nitrogens with one attached hydrogen (secondary N) is 1. The van der Waals surface area contributed by atoms with Gasteiger partial charge >= 0.3 is 0 Å². The van der Waals surface area contributed by atoms with Gasteiger partial charge in [0, 0.05) is 19.2 Å². The van der Waals surface area contributed by atoms with E-state index in [9.17, 15) is 14.7 Å². The molecular weight excluding hydrogens is 374 g/mol. The summed E-state index contributed by atoms with van der Waals surface area (Å²) in [6.45, 7) is 4.71. The minimum atomic E-state index is -0.735. The number of furan rings is 1. The molecule has 152 valence electrons. The lowest BCUT2D eigenvalue weighted by molar-refractivity contribution is -0.908. The first-order valence-electron chi connectivity index (χ1n) is 9.81. The summed E-state index contributed by atoms with van der Waals surface area (Å²) >= 11 is 0. The number of quaternary nitrogens is 1. The van der Waals surface area contributed by atoms with Crippen LogP contribution in [0.15, 0.2) is 58.5 Å². The van der Waals surface area contributed by atoms with Gasteiger partial charge < -0.3 is 24.1 Å². The summed E-state index contributed by atoms with van der Waals surface area (Å²) in [5, 5.41) is 10.6. The van der Waals surface area contributed by atoms with Crippen molar-refractivity contribution >= 4 is 11.7 Å². The van der Waals surface area contributed by atoms with Crippen molar-refractivity contribution < 1.29 is 28.7 Å². The van der Waals surface area contributed by atoms with E-state index < -0.39 is 23.5 Å². The average Bonchev–Trinajstić information content (AvgIpc) is 3.38. The minimum absolute atomic E-state index is 0.0161.